The third-order valence-electron chi connectivity index (χ3n) is 4.31. The number of nitrogens with one attached hydrogen (secondary N) is 1. The minimum atomic E-state index is -0.331. The SMILES string of the molecule is Cc1cc(C)n(Cc2ccc(C(=O)Nc3nc4ccccc4n3C)o2)n1. The number of aromatic nitrogens is 4. The monoisotopic (exact) mass is 349 g/mol. The van der Waals surface area contributed by atoms with E-state index in [0.29, 0.717) is 18.3 Å². The minimum Gasteiger partial charge on any atom is -0.454 e. The molecule has 0 aliphatic carbocycles. The first-order valence-electron chi connectivity index (χ1n) is 8.34. The van der Waals surface area contributed by atoms with Gasteiger partial charge in [0.1, 0.15) is 5.76 Å². The number of rotatable bonds is 4. The highest BCUT2D eigenvalue weighted by molar-refractivity contribution is 6.02. The van der Waals surface area contributed by atoms with Crippen LogP contribution in [-0.2, 0) is 13.6 Å². The summed E-state index contributed by atoms with van der Waals surface area (Å²) in [4.78, 5) is 16.9. The zero-order valence-electron chi connectivity index (χ0n) is 14.9. The summed E-state index contributed by atoms with van der Waals surface area (Å²) in [5.41, 5.74) is 3.78. The Kier molecular flexibility index (Phi) is 3.84. The Morgan fingerprint density at radius 2 is 2.00 bits per heavy atom. The molecule has 7 heteroatoms. The molecule has 0 bridgehead atoms. The highest BCUT2D eigenvalue weighted by Gasteiger charge is 2.16. The fourth-order valence-electron chi connectivity index (χ4n) is 2.99. The van der Waals surface area contributed by atoms with Crippen molar-refractivity contribution in [2.45, 2.75) is 20.4 Å². The van der Waals surface area contributed by atoms with E-state index in [0.717, 1.165) is 22.4 Å². The number of fused-ring (bicyclic) bond motifs is 1. The summed E-state index contributed by atoms with van der Waals surface area (Å²) in [5, 5.41) is 7.21. The molecular formula is C19H19N5O2. The van der Waals surface area contributed by atoms with E-state index >= 15 is 0 Å². The van der Waals surface area contributed by atoms with E-state index in [1.165, 1.54) is 0 Å². The first-order valence-corrected chi connectivity index (χ1v) is 8.34. The van der Waals surface area contributed by atoms with E-state index < -0.39 is 0 Å². The van der Waals surface area contributed by atoms with Crippen LogP contribution in [0, 0.1) is 13.8 Å². The molecule has 1 aromatic carbocycles. The average molecular weight is 349 g/mol. The molecule has 0 saturated carbocycles. The third-order valence-corrected chi connectivity index (χ3v) is 4.31. The van der Waals surface area contributed by atoms with Gasteiger partial charge in [0.25, 0.3) is 5.91 Å². The van der Waals surface area contributed by atoms with Gasteiger partial charge in [-0.1, -0.05) is 12.1 Å². The van der Waals surface area contributed by atoms with Gasteiger partial charge in [-0.15, -0.1) is 0 Å². The maximum Gasteiger partial charge on any atom is 0.293 e. The Balaban J connectivity index is 1.52. The summed E-state index contributed by atoms with van der Waals surface area (Å²) in [6.07, 6.45) is 0. The largest absolute Gasteiger partial charge is 0.454 e. The number of anilines is 1. The number of nitrogens with zero attached hydrogens (tertiary/aromatic N) is 4. The van der Waals surface area contributed by atoms with Crippen LogP contribution in [-0.4, -0.2) is 25.2 Å². The maximum absolute atomic E-state index is 12.5. The molecule has 0 spiro atoms. The summed E-state index contributed by atoms with van der Waals surface area (Å²) in [5.74, 6) is 1.07. The lowest BCUT2D eigenvalue weighted by atomic mass is 10.3. The molecule has 3 aromatic heterocycles. The van der Waals surface area contributed by atoms with Gasteiger partial charge in [-0.25, -0.2) is 4.98 Å². The van der Waals surface area contributed by atoms with Crippen molar-refractivity contribution in [3.63, 3.8) is 0 Å². The Hall–Kier alpha value is -3.35. The Morgan fingerprint density at radius 3 is 2.73 bits per heavy atom. The molecule has 4 aromatic rings. The molecule has 0 fully saturated rings. The van der Waals surface area contributed by atoms with Crippen LogP contribution in [0.1, 0.15) is 27.7 Å². The summed E-state index contributed by atoms with van der Waals surface area (Å²) < 4.78 is 9.38. The number of carbonyl (C=O) groups is 1. The third kappa shape index (κ3) is 2.88. The molecule has 1 amide bonds. The number of para-hydroxylation sites is 2. The standard InChI is InChI=1S/C19H19N5O2/c1-12-10-13(2)24(22-12)11-14-8-9-17(26-14)18(25)21-19-20-15-6-4-5-7-16(15)23(19)3/h4-10H,11H2,1-3H3,(H,20,21,25). The summed E-state index contributed by atoms with van der Waals surface area (Å²) in [6.45, 7) is 4.42. The van der Waals surface area contributed by atoms with Crippen LogP contribution < -0.4 is 5.32 Å². The molecule has 0 unspecified atom stereocenters. The summed E-state index contributed by atoms with van der Waals surface area (Å²) in [7, 11) is 1.86. The van der Waals surface area contributed by atoms with Gasteiger partial charge < -0.3 is 8.98 Å². The zero-order valence-corrected chi connectivity index (χ0v) is 14.9. The Bertz CT molecular complexity index is 1100. The van der Waals surface area contributed by atoms with Crippen LogP contribution in [0.25, 0.3) is 11.0 Å². The van der Waals surface area contributed by atoms with E-state index in [1.807, 2.05) is 60.5 Å². The smallest absolute Gasteiger partial charge is 0.293 e. The normalized spacial score (nSPS) is 11.2. The van der Waals surface area contributed by atoms with Gasteiger partial charge >= 0.3 is 0 Å². The number of carbonyl (C=O) groups excluding carboxylic acids is 1. The quantitative estimate of drug-likeness (QED) is 0.613. The van der Waals surface area contributed by atoms with E-state index in [2.05, 4.69) is 15.4 Å². The molecule has 1 N–H and O–H groups in total. The van der Waals surface area contributed by atoms with Gasteiger partial charge in [0.2, 0.25) is 5.95 Å². The average Bonchev–Trinajstić information content (AvgIpc) is 3.28. The number of imidazole rings is 1. The van der Waals surface area contributed by atoms with Crippen molar-refractivity contribution in [1.82, 2.24) is 19.3 Å². The van der Waals surface area contributed by atoms with Crippen LogP contribution in [0.4, 0.5) is 5.95 Å². The predicted octanol–water partition coefficient (Wildman–Crippen LogP) is 3.28. The topological polar surface area (TPSA) is 77.9 Å². The molecule has 26 heavy (non-hydrogen) atoms. The van der Waals surface area contributed by atoms with E-state index in [-0.39, 0.29) is 11.7 Å². The molecule has 0 aliphatic heterocycles. The van der Waals surface area contributed by atoms with Crippen molar-refractivity contribution in [2.24, 2.45) is 7.05 Å². The number of benzene rings is 1. The minimum absolute atomic E-state index is 0.244. The highest BCUT2D eigenvalue weighted by atomic mass is 16.4. The molecule has 3 heterocycles. The second-order valence-electron chi connectivity index (χ2n) is 6.29. The first-order chi connectivity index (χ1) is 12.5. The van der Waals surface area contributed by atoms with E-state index in [4.69, 9.17) is 4.42 Å². The number of hydrogen-bond donors (Lipinski definition) is 1. The molecule has 0 saturated heterocycles. The van der Waals surface area contributed by atoms with Crippen molar-refractivity contribution in [1.29, 1.82) is 0 Å². The van der Waals surface area contributed by atoms with Crippen LogP contribution in [0.15, 0.2) is 46.9 Å². The number of furan rings is 1. The van der Waals surface area contributed by atoms with Gasteiger partial charge in [0.05, 0.1) is 23.3 Å². The van der Waals surface area contributed by atoms with Crippen LogP contribution in [0.5, 0.6) is 0 Å². The zero-order chi connectivity index (χ0) is 18.3. The summed E-state index contributed by atoms with van der Waals surface area (Å²) in [6, 6.07) is 13.2. The molecule has 7 nitrogen and oxygen atoms in total. The Morgan fingerprint density at radius 1 is 1.19 bits per heavy atom. The van der Waals surface area contributed by atoms with Crippen LogP contribution in [0.3, 0.4) is 0 Å². The summed E-state index contributed by atoms with van der Waals surface area (Å²) >= 11 is 0. The highest BCUT2D eigenvalue weighted by Crippen LogP contribution is 2.19. The van der Waals surface area contributed by atoms with Crippen LogP contribution >= 0.6 is 0 Å². The predicted molar refractivity (Wildman–Crippen MR) is 98.2 cm³/mol. The fraction of sp³-hybridized carbons (Fsp3) is 0.211. The van der Waals surface area contributed by atoms with Gasteiger partial charge in [0.15, 0.2) is 5.76 Å². The molecule has 0 atom stereocenters. The van der Waals surface area contributed by atoms with Gasteiger partial charge in [-0.3, -0.25) is 14.8 Å². The molecule has 4 rings (SSSR count). The van der Waals surface area contributed by atoms with E-state index in [1.54, 1.807) is 12.1 Å². The van der Waals surface area contributed by atoms with Crippen molar-refractivity contribution in [2.75, 3.05) is 5.32 Å². The lowest BCUT2D eigenvalue weighted by Gasteiger charge is -2.04. The molecule has 0 aliphatic rings. The number of aryl methyl sites for hydroxylation is 3. The van der Waals surface area contributed by atoms with Gasteiger partial charge in [-0.05, 0) is 44.2 Å². The molecule has 0 radical (unpaired) electrons. The molecular weight excluding hydrogens is 330 g/mol. The number of amides is 1. The second-order valence-corrected chi connectivity index (χ2v) is 6.29. The van der Waals surface area contributed by atoms with Gasteiger partial charge in [0, 0.05) is 12.7 Å². The van der Waals surface area contributed by atoms with E-state index in [9.17, 15) is 4.79 Å². The number of hydrogen-bond acceptors (Lipinski definition) is 4. The maximum atomic E-state index is 12.5. The molecule has 132 valence electrons. The lowest BCUT2D eigenvalue weighted by Crippen LogP contribution is -2.14. The van der Waals surface area contributed by atoms with Gasteiger partial charge in [-0.2, -0.15) is 5.10 Å². The van der Waals surface area contributed by atoms with Crippen molar-refractivity contribution < 1.29 is 9.21 Å². The lowest BCUT2D eigenvalue weighted by molar-refractivity contribution is 0.0993. The fourth-order valence-corrected chi connectivity index (χ4v) is 2.99. The second kappa shape index (κ2) is 6.18. The van der Waals surface area contributed by atoms with Crippen LogP contribution in [0.2, 0.25) is 0 Å². The van der Waals surface area contributed by atoms with Crippen molar-refractivity contribution in [3.05, 3.63) is 65.4 Å². The van der Waals surface area contributed by atoms with Crippen molar-refractivity contribution in [3.8, 4) is 0 Å². The van der Waals surface area contributed by atoms with Crippen molar-refractivity contribution >= 4 is 22.9 Å². The Labute approximate surface area is 150 Å². The first kappa shape index (κ1) is 16.1.